The third-order valence-corrected chi connectivity index (χ3v) is 2.27. The third-order valence-electron chi connectivity index (χ3n) is 2.27. The number of hydrogen-bond acceptors (Lipinski definition) is 3. The Morgan fingerprint density at radius 1 is 1.45 bits per heavy atom. The maximum absolute atomic E-state index is 13.0. The van der Waals surface area contributed by atoms with Gasteiger partial charge in [-0.15, -0.1) is 0 Å². The smallest absolute Gasteiger partial charge is 0.407 e. The predicted molar refractivity (Wildman–Crippen MR) is 76.0 cm³/mol. The summed E-state index contributed by atoms with van der Waals surface area (Å²) in [6.45, 7) is 5.78. The van der Waals surface area contributed by atoms with E-state index in [-0.39, 0.29) is 5.75 Å². The van der Waals surface area contributed by atoms with E-state index in [1.807, 2.05) is 0 Å². The number of carbonyl (C=O) groups excluding carboxylic acids is 1. The molecule has 0 heterocycles. The van der Waals surface area contributed by atoms with Crippen molar-refractivity contribution < 1.29 is 19.0 Å². The van der Waals surface area contributed by atoms with Crippen LogP contribution in [0, 0.1) is 5.82 Å². The van der Waals surface area contributed by atoms with Crippen LogP contribution < -0.4 is 5.32 Å². The standard InChI is InChI=1S/C15H20FNO3/c1-15(2,3)20-14(19)17-9-5-4-6-11-10-12(16)7-8-13(11)18/h4,6-8,10,18H,5,9H2,1-3H3,(H,17,19). The van der Waals surface area contributed by atoms with Crippen LogP contribution in [0.5, 0.6) is 5.75 Å². The lowest BCUT2D eigenvalue weighted by Crippen LogP contribution is -2.32. The van der Waals surface area contributed by atoms with Gasteiger partial charge in [0.05, 0.1) is 0 Å². The molecule has 1 rings (SSSR count). The summed E-state index contributed by atoms with van der Waals surface area (Å²) >= 11 is 0. The van der Waals surface area contributed by atoms with Gasteiger partial charge in [-0.1, -0.05) is 12.2 Å². The van der Waals surface area contributed by atoms with Crippen LogP contribution in [-0.2, 0) is 4.74 Å². The van der Waals surface area contributed by atoms with Crippen molar-refractivity contribution in [2.45, 2.75) is 32.8 Å². The number of ether oxygens (including phenoxy) is 1. The molecule has 20 heavy (non-hydrogen) atoms. The number of aromatic hydroxyl groups is 1. The van der Waals surface area contributed by atoms with Crippen molar-refractivity contribution in [3.8, 4) is 5.75 Å². The maximum Gasteiger partial charge on any atom is 0.407 e. The number of benzene rings is 1. The van der Waals surface area contributed by atoms with E-state index < -0.39 is 17.5 Å². The summed E-state index contributed by atoms with van der Waals surface area (Å²) in [5.74, 6) is -0.392. The molecule has 0 saturated carbocycles. The van der Waals surface area contributed by atoms with Gasteiger partial charge in [-0.05, 0) is 45.4 Å². The van der Waals surface area contributed by atoms with Gasteiger partial charge in [0.15, 0.2) is 0 Å². The van der Waals surface area contributed by atoms with Gasteiger partial charge in [-0.3, -0.25) is 0 Å². The Bertz CT molecular complexity index is 492. The first kappa shape index (κ1) is 16.0. The molecule has 0 spiro atoms. The van der Waals surface area contributed by atoms with E-state index in [1.165, 1.54) is 18.2 Å². The quantitative estimate of drug-likeness (QED) is 0.831. The topological polar surface area (TPSA) is 58.6 Å². The molecule has 0 aliphatic carbocycles. The van der Waals surface area contributed by atoms with Crippen LogP contribution in [0.25, 0.3) is 6.08 Å². The Morgan fingerprint density at radius 2 is 2.15 bits per heavy atom. The average molecular weight is 281 g/mol. The molecule has 0 aromatic heterocycles. The molecule has 0 atom stereocenters. The Labute approximate surface area is 118 Å². The number of phenols is 1. The molecule has 0 unspecified atom stereocenters. The Kier molecular flexibility index (Phi) is 5.55. The minimum absolute atomic E-state index is 0.0164. The fourth-order valence-corrected chi connectivity index (χ4v) is 1.44. The van der Waals surface area contributed by atoms with Gasteiger partial charge in [-0.25, -0.2) is 9.18 Å². The van der Waals surface area contributed by atoms with Gasteiger partial charge in [-0.2, -0.15) is 0 Å². The summed E-state index contributed by atoms with van der Waals surface area (Å²) in [5.41, 5.74) is -0.116. The maximum atomic E-state index is 13.0. The summed E-state index contributed by atoms with van der Waals surface area (Å²) < 4.78 is 18.0. The number of rotatable bonds is 4. The lowest BCUT2D eigenvalue weighted by Gasteiger charge is -2.19. The highest BCUT2D eigenvalue weighted by Gasteiger charge is 2.15. The first-order chi connectivity index (χ1) is 9.28. The van der Waals surface area contributed by atoms with E-state index in [1.54, 1.807) is 32.9 Å². The van der Waals surface area contributed by atoms with Crippen LogP contribution >= 0.6 is 0 Å². The number of phenolic OH excluding ortho intramolecular Hbond substituents is 1. The molecule has 4 nitrogen and oxygen atoms in total. The molecule has 2 N–H and O–H groups in total. The zero-order valence-corrected chi connectivity index (χ0v) is 11.9. The highest BCUT2D eigenvalue weighted by atomic mass is 19.1. The Morgan fingerprint density at radius 3 is 2.80 bits per heavy atom. The van der Waals surface area contributed by atoms with Crippen LogP contribution in [0.4, 0.5) is 9.18 Å². The molecular formula is C15H20FNO3. The van der Waals surface area contributed by atoms with Crippen molar-refractivity contribution in [3.05, 3.63) is 35.7 Å². The first-order valence-corrected chi connectivity index (χ1v) is 6.40. The lowest BCUT2D eigenvalue weighted by molar-refractivity contribution is 0.0529. The molecule has 1 amide bonds. The van der Waals surface area contributed by atoms with E-state index in [0.29, 0.717) is 18.5 Å². The summed E-state index contributed by atoms with van der Waals surface area (Å²) in [5, 5.41) is 12.1. The van der Waals surface area contributed by atoms with E-state index >= 15 is 0 Å². The molecule has 5 heteroatoms. The largest absolute Gasteiger partial charge is 0.507 e. The number of hydrogen-bond donors (Lipinski definition) is 2. The summed E-state index contributed by atoms with van der Waals surface area (Å²) in [6, 6.07) is 3.73. The van der Waals surface area contributed by atoms with Crippen LogP contribution in [0.1, 0.15) is 32.8 Å². The second kappa shape index (κ2) is 6.93. The number of halogens is 1. The van der Waals surface area contributed by atoms with Crippen molar-refractivity contribution in [2.24, 2.45) is 0 Å². The van der Waals surface area contributed by atoms with Crippen molar-refractivity contribution in [1.82, 2.24) is 5.32 Å². The van der Waals surface area contributed by atoms with Crippen molar-refractivity contribution in [3.63, 3.8) is 0 Å². The van der Waals surface area contributed by atoms with Crippen molar-refractivity contribution >= 4 is 12.2 Å². The highest BCUT2D eigenvalue weighted by Crippen LogP contribution is 2.19. The van der Waals surface area contributed by atoms with Crippen LogP contribution in [0.2, 0.25) is 0 Å². The molecule has 0 saturated heterocycles. The van der Waals surface area contributed by atoms with Crippen molar-refractivity contribution in [2.75, 3.05) is 6.54 Å². The van der Waals surface area contributed by atoms with Crippen LogP contribution in [-0.4, -0.2) is 23.3 Å². The monoisotopic (exact) mass is 281 g/mol. The second-order valence-electron chi connectivity index (χ2n) is 5.32. The van der Waals surface area contributed by atoms with E-state index in [9.17, 15) is 14.3 Å². The molecule has 0 radical (unpaired) electrons. The van der Waals surface area contributed by atoms with E-state index in [0.717, 1.165) is 0 Å². The van der Waals surface area contributed by atoms with E-state index in [2.05, 4.69) is 5.32 Å². The first-order valence-electron chi connectivity index (χ1n) is 6.40. The molecule has 0 bridgehead atoms. The zero-order valence-electron chi connectivity index (χ0n) is 11.9. The number of alkyl carbamates (subject to hydrolysis) is 1. The van der Waals surface area contributed by atoms with Crippen molar-refractivity contribution in [1.29, 1.82) is 0 Å². The van der Waals surface area contributed by atoms with Gasteiger partial charge < -0.3 is 15.2 Å². The lowest BCUT2D eigenvalue weighted by atomic mass is 10.1. The zero-order chi connectivity index (χ0) is 15.2. The molecule has 0 fully saturated rings. The second-order valence-corrected chi connectivity index (χ2v) is 5.32. The number of carbonyl (C=O) groups is 1. The molecular weight excluding hydrogens is 261 g/mol. The number of nitrogens with one attached hydrogen (secondary N) is 1. The Hall–Kier alpha value is -2.04. The summed E-state index contributed by atoms with van der Waals surface area (Å²) in [4.78, 5) is 11.3. The fourth-order valence-electron chi connectivity index (χ4n) is 1.44. The normalized spacial score (nSPS) is 11.6. The highest BCUT2D eigenvalue weighted by molar-refractivity contribution is 5.67. The number of amides is 1. The van der Waals surface area contributed by atoms with E-state index in [4.69, 9.17) is 4.74 Å². The van der Waals surface area contributed by atoms with Gasteiger partial charge >= 0.3 is 6.09 Å². The van der Waals surface area contributed by atoms with Gasteiger partial charge in [0.25, 0.3) is 0 Å². The molecule has 1 aromatic carbocycles. The predicted octanol–water partition coefficient (Wildman–Crippen LogP) is 3.46. The molecule has 0 aliphatic heterocycles. The van der Waals surface area contributed by atoms with Gasteiger partial charge in [0.2, 0.25) is 0 Å². The van der Waals surface area contributed by atoms with Gasteiger partial charge in [0, 0.05) is 12.1 Å². The molecule has 110 valence electrons. The molecule has 0 aliphatic rings. The molecule has 1 aromatic rings. The van der Waals surface area contributed by atoms with Gasteiger partial charge in [0.1, 0.15) is 17.2 Å². The third kappa shape index (κ3) is 6.22. The van der Waals surface area contributed by atoms with Crippen LogP contribution in [0.3, 0.4) is 0 Å². The summed E-state index contributed by atoms with van der Waals surface area (Å²) in [7, 11) is 0. The minimum Gasteiger partial charge on any atom is -0.507 e. The summed E-state index contributed by atoms with van der Waals surface area (Å²) in [6.07, 6.45) is 3.43. The van der Waals surface area contributed by atoms with Crippen LogP contribution in [0.15, 0.2) is 24.3 Å². The average Bonchev–Trinajstić information content (AvgIpc) is 2.30. The fraction of sp³-hybridized carbons (Fsp3) is 0.400. The minimum atomic E-state index is -0.521. The Balaban J connectivity index is 2.36. The SMILES string of the molecule is CC(C)(C)OC(=O)NCCC=Cc1cc(F)ccc1O.